The lowest BCUT2D eigenvalue weighted by Gasteiger charge is -2.30. The summed E-state index contributed by atoms with van der Waals surface area (Å²) in [4.78, 5) is 37.0. The third-order valence-corrected chi connectivity index (χ3v) is 4.91. The molecule has 0 aliphatic carbocycles. The first-order valence-corrected chi connectivity index (χ1v) is 10.0. The molecule has 0 saturated carbocycles. The molecule has 8 heteroatoms. The van der Waals surface area contributed by atoms with Crippen LogP contribution in [0.25, 0.3) is 0 Å². The fourth-order valence-corrected chi connectivity index (χ4v) is 3.27. The minimum absolute atomic E-state index is 0.138. The van der Waals surface area contributed by atoms with Crippen LogP contribution in [0.1, 0.15) is 29.8 Å². The van der Waals surface area contributed by atoms with E-state index in [1.807, 2.05) is 18.2 Å². The van der Waals surface area contributed by atoms with Crippen LogP contribution in [0.15, 0.2) is 54.6 Å². The molecule has 0 heterocycles. The molecule has 2 aromatic carbocycles. The molecule has 30 heavy (non-hydrogen) atoms. The van der Waals surface area contributed by atoms with Gasteiger partial charge in [-0.05, 0) is 31.1 Å². The maximum atomic E-state index is 12.3. The summed E-state index contributed by atoms with van der Waals surface area (Å²) in [6.07, 6.45) is 0.808. The van der Waals surface area contributed by atoms with Crippen LogP contribution in [0.2, 0.25) is 0 Å². The molecule has 0 fully saturated rings. The van der Waals surface area contributed by atoms with Crippen LogP contribution in [0.5, 0.6) is 0 Å². The van der Waals surface area contributed by atoms with Gasteiger partial charge >= 0.3 is 0 Å². The quantitative estimate of drug-likeness (QED) is 0.436. The number of non-ortho nitro benzene ring substituents is 1. The number of nitrogens with zero attached hydrogens (tertiary/aromatic N) is 2. The molecule has 0 spiro atoms. The van der Waals surface area contributed by atoms with E-state index in [2.05, 4.69) is 41.5 Å². The van der Waals surface area contributed by atoms with Crippen molar-refractivity contribution < 1.29 is 14.5 Å². The monoisotopic (exact) mass is 412 g/mol. The number of amides is 2. The molecule has 1 unspecified atom stereocenters. The smallest absolute Gasteiger partial charge is 0.270 e. The van der Waals surface area contributed by atoms with Crippen molar-refractivity contribution in [1.29, 1.82) is 0 Å². The largest absolute Gasteiger partial charge is 0.353 e. The van der Waals surface area contributed by atoms with E-state index in [0.29, 0.717) is 6.54 Å². The van der Waals surface area contributed by atoms with Gasteiger partial charge < -0.3 is 10.6 Å². The number of nitro benzene ring substituents is 1. The minimum Gasteiger partial charge on any atom is -0.353 e. The molecule has 8 nitrogen and oxygen atoms in total. The van der Waals surface area contributed by atoms with Gasteiger partial charge in [0.1, 0.15) is 0 Å². The Labute approximate surface area is 176 Å². The van der Waals surface area contributed by atoms with Crippen LogP contribution in [0, 0.1) is 10.1 Å². The fraction of sp³-hybridized carbons (Fsp3) is 0.364. The highest BCUT2D eigenvalue weighted by atomic mass is 16.6. The lowest BCUT2D eigenvalue weighted by Crippen LogP contribution is -2.47. The van der Waals surface area contributed by atoms with Crippen LogP contribution in [0.3, 0.4) is 0 Å². The summed E-state index contributed by atoms with van der Waals surface area (Å²) < 4.78 is 0. The summed E-state index contributed by atoms with van der Waals surface area (Å²) in [5.41, 5.74) is 1.17. The van der Waals surface area contributed by atoms with E-state index >= 15 is 0 Å². The molecule has 0 aliphatic heterocycles. The summed E-state index contributed by atoms with van der Waals surface area (Å²) in [7, 11) is 0. The van der Waals surface area contributed by atoms with Gasteiger partial charge in [0.05, 0.1) is 11.5 Å². The van der Waals surface area contributed by atoms with Gasteiger partial charge in [-0.2, -0.15) is 0 Å². The van der Waals surface area contributed by atoms with Gasteiger partial charge in [0, 0.05) is 30.3 Å². The molecule has 0 aromatic heterocycles. The number of carbonyl (C=O) groups excluding carboxylic acids is 2. The molecule has 1 atom stereocenters. The highest BCUT2D eigenvalue weighted by molar-refractivity contribution is 5.96. The van der Waals surface area contributed by atoms with Crippen LogP contribution in [-0.2, 0) is 11.2 Å². The van der Waals surface area contributed by atoms with Gasteiger partial charge in [0.2, 0.25) is 5.91 Å². The summed E-state index contributed by atoms with van der Waals surface area (Å²) in [5, 5.41) is 16.2. The maximum Gasteiger partial charge on any atom is 0.270 e. The number of benzene rings is 2. The third-order valence-electron chi connectivity index (χ3n) is 4.91. The van der Waals surface area contributed by atoms with Crippen LogP contribution in [0.4, 0.5) is 5.69 Å². The third kappa shape index (κ3) is 6.97. The number of likely N-dealkylation sites (N-methyl/N-ethyl adjacent to an activating group) is 1. The van der Waals surface area contributed by atoms with E-state index in [0.717, 1.165) is 19.5 Å². The summed E-state index contributed by atoms with van der Waals surface area (Å²) in [6, 6.07) is 15.6. The molecular weight excluding hydrogens is 384 g/mol. The molecule has 160 valence electrons. The van der Waals surface area contributed by atoms with Crippen molar-refractivity contribution in [3.63, 3.8) is 0 Å². The zero-order valence-electron chi connectivity index (χ0n) is 17.3. The molecule has 0 aliphatic rings. The van der Waals surface area contributed by atoms with E-state index < -0.39 is 10.8 Å². The van der Waals surface area contributed by atoms with E-state index in [9.17, 15) is 19.7 Å². The number of rotatable bonds is 11. The standard InChI is InChI=1S/C22H28N4O4/c1-3-25(4-2)20(13-17-9-6-5-7-10-17)15-23-21(27)16-24-22(28)18-11-8-12-19(14-18)26(29)30/h5-12,14,20H,3-4,13,15-16H2,1-2H3,(H,23,27)(H,24,28). The van der Waals surface area contributed by atoms with Crippen LogP contribution >= 0.6 is 0 Å². The average Bonchev–Trinajstić information content (AvgIpc) is 2.77. The van der Waals surface area contributed by atoms with Gasteiger partial charge in [-0.3, -0.25) is 24.6 Å². The van der Waals surface area contributed by atoms with E-state index in [1.54, 1.807) is 0 Å². The average molecular weight is 412 g/mol. The van der Waals surface area contributed by atoms with Crippen molar-refractivity contribution in [3.05, 3.63) is 75.8 Å². The summed E-state index contributed by atoms with van der Waals surface area (Å²) >= 11 is 0. The zero-order valence-corrected chi connectivity index (χ0v) is 17.3. The Morgan fingerprint density at radius 3 is 2.37 bits per heavy atom. The number of carbonyl (C=O) groups is 2. The molecule has 0 bridgehead atoms. The summed E-state index contributed by atoms with van der Waals surface area (Å²) in [6.45, 7) is 6.17. The minimum atomic E-state index is -0.566. The number of nitro groups is 1. The lowest BCUT2D eigenvalue weighted by molar-refractivity contribution is -0.384. The maximum absolute atomic E-state index is 12.3. The Morgan fingerprint density at radius 2 is 1.73 bits per heavy atom. The highest BCUT2D eigenvalue weighted by Crippen LogP contribution is 2.13. The molecule has 2 aromatic rings. The Balaban J connectivity index is 1.89. The van der Waals surface area contributed by atoms with Crippen molar-refractivity contribution in [2.45, 2.75) is 26.3 Å². The zero-order chi connectivity index (χ0) is 21.9. The molecule has 2 amide bonds. The second-order valence-electron chi connectivity index (χ2n) is 6.86. The van der Waals surface area contributed by atoms with Gasteiger partial charge in [0.25, 0.3) is 11.6 Å². The van der Waals surface area contributed by atoms with Gasteiger partial charge in [-0.25, -0.2) is 0 Å². The molecule has 0 radical (unpaired) electrons. The Kier molecular flexibility index (Phi) is 8.96. The van der Waals surface area contributed by atoms with Gasteiger partial charge in [0.15, 0.2) is 0 Å². The Morgan fingerprint density at radius 1 is 1.03 bits per heavy atom. The van der Waals surface area contributed by atoms with E-state index in [-0.39, 0.29) is 29.7 Å². The van der Waals surface area contributed by atoms with E-state index in [4.69, 9.17) is 0 Å². The predicted molar refractivity (Wildman–Crippen MR) is 115 cm³/mol. The van der Waals surface area contributed by atoms with Gasteiger partial charge in [-0.1, -0.05) is 50.2 Å². The lowest BCUT2D eigenvalue weighted by atomic mass is 10.0. The molecule has 2 N–H and O–H groups in total. The van der Waals surface area contributed by atoms with E-state index in [1.165, 1.54) is 29.8 Å². The highest BCUT2D eigenvalue weighted by Gasteiger charge is 2.18. The second kappa shape index (κ2) is 11.7. The van der Waals surface area contributed by atoms with Gasteiger partial charge in [-0.15, -0.1) is 0 Å². The first kappa shape index (κ1) is 23.0. The Hall–Kier alpha value is -3.26. The molecule has 0 saturated heterocycles. The second-order valence-corrected chi connectivity index (χ2v) is 6.86. The topological polar surface area (TPSA) is 105 Å². The van der Waals surface area contributed by atoms with Crippen molar-refractivity contribution in [2.24, 2.45) is 0 Å². The number of nitrogens with one attached hydrogen (secondary N) is 2. The first-order valence-electron chi connectivity index (χ1n) is 10.0. The predicted octanol–water partition coefficient (Wildman–Crippen LogP) is 2.39. The Bertz CT molecular complexity index is 853. The summed E-state index contributed by atoms with van der Waals surface area (Å²) in [5.74, 6) is -0.836. The van der Waals surface area contributed by atoms with Crippen LogP contribution < -0.4 is 10.6 Å². The molecule has 2 rings (SSSR count). The van der Waals surface area contributed by atoms with Crippen molar-refractivity contribution in [2.75, 3.05) is 26.2 Å². The van der Waals surface area contributed by atoms with Crippen molar-refractivity contribution >= 4 is 17.5 Å². The fourth-order valence-electron chi connectivity index (χ4n) is 3.27. The van der Waals surface area contributed by atoms with Crippen LogP contribution in [-0.4, -0.2) is 53.9 Å². The molecular formula is C22H28N4O4. The first-order chi connectivity index (χ1) is 14.4. The normalized spacial score (nSPS) is 11.7. The number of hydrogen-bond donors (Lipinski definition) is 2. The van der Waals surface area contributed by atoms with Crippen molar-refractivity contribution in [1.82, 2.24) is 15.5 Å². The number of hydrogen-bond acceptors (Lipinski definition) is 5. The SMILES string of the molecule is CCN(CC)C(CNC(=O)CNC(=O)c1cccc([N+](=O)[O-])c1)Cc1ccccc1. The van der Waals surface area contributed by atoms with Crippen molar-refractivity contribution in [3.8, 4) is 0 Å².